The van der Waals surface area contributed by atoms with E-state index in [1.54, 1.807) is 0 Å². The van der Waals surface area contributed by atoms with E-state index in [0.717, 1.165) is 23.3 Å². The number of hydrogen-bond donors (Lipinski definition) is 1. The van der Waals surface area contributed by atoms with Gasteiger partial charge in [0.15, 0.2) is 13.2 Å². The van der Waals surface area contributed by atoms with Crippen LogP contribution in [0.2, 0.25) is 0 Å². The largest absolute Gasteiger partial charge is 0.482 e. The van der Waals surface area contributed by atoms with E-state index in [2.05, 4.69) is 0 Å². The van der Waals surface area contributed by atoms with Gasteiger partial charge in [0.1, 0.15) is 23.1 Å². The fourth-order valence-electron chi connectivity index (χ4n) is 2.25. The van der Waals surface area contributed by atoms with E-state index in [0.29, 0.717) is 11.7 Å². The zero-order valence-corrected chi connectivity index (χ0v) is 15.3. The van der Waals surface area contributed by atoms with E-state index in [1.165, 1.54) is 6.07 Å². The van der Waals surface area contributed by atoms with Crippen LogP contribution in [0.4, 0.5) is 14.5 Å². The maximum atomic E-state index is 13.5. The number of carbonyl (C=O) groups excluding carboxylic acids is 2. The highest BCUT2D eigenvalue weighted by Gasteiger charge is 2.14. The van der Waals surface area contributed by atoms with Gasteiger partial charge in [-0.25, -0.2) is 13.6 Å². The van der Waals surface area contributed by atoms with Crippen molar-refractivity contribution < 1.29 is 27.8 Å². The molecular weight excluding hydrogens is 356 g/mol. The van der Waals surface area contributed by atoms with Gasteiger partial charge in [0.25, 0.3) is 5.91 Å². The molecule has 0 aliphatic heterocycles. The Morgan fingerprint density at radius 2 is 1.74 bits per heavy atom. The Balaban J connectivity index is 1.84. The molecule has 0 fully saturated rings. The van der Waals surface area contributed by atoms with Crippen molar-refractivity contribution in [2.24, 2.45) is 0 Å². The predicted molar refractivity (Wildman–Crippen MR) is 96.7 cm³/mol. The molecule has 0 heterocycles. The molecule has 1 amide bonds. The number of amides is 1. The molecule has 2 aromatic rings. The lowest BCUT2D eigenvalue weighted by Crippen LogP contribution is -2.24. The van der Waals surface area contributed by atoms with Crippen molar-refractivity contribution in [3.05, 3.63) is 59.2 Å². The van der Waals surface area contributed by atoms with Crippen LogP contribution in [0.1, 0.15) is 30.9 Å². The van der Waals surface area contributed by atoms with E-state index in [1.807, 2.05) is 44.3 Å². The number of carbonyl (C=O) groups is 2. The first kappa shape index (κ1) is 20.4. The standard InChI is InChI=1S/C20H21F2NO4/c1-12(2)14-8-7-13(3)17(9-14)26-11-19(25)27-10-18(24)23-20-15(21)5-4-6-16(20)22/h4-9,12H,10-11H2,1-3H3,(H,23,24). The summed E-state index contributed by atoms with van der Waals surface area (Å²) in [5.74, 6) is -2.60. The highest BCUT2D eigenvalue weighted by atomic mass is 19.1. The van der Waals surface area contributed by atoms with E-state index in [4.69, 9.17) is 9.47 Å². The Morgan fingerprint density at radius 1 is 1.07 bits per heavy atom. The van der Waals surface area contributed by atoms with Gasteiger partial charge in [-0.1, -0.05) is 32.0 Å². The van der Waals surface area contributed by atoms with E-state index in [9.17, 15) is 18.4 Å². The summed E-state index contributed by atoms with van der Waals surface area (Å²) < 4.78 is 37.2. The lowest BCUT2D eigenvalue weighted by Gasteiger charge is -2.12. The van der Waals surface area contributed by atoms with Crippen molar-refractivity contribution >= 4 is 17.6 Å². The average Bonchev–Trinajstić information content (AvgIpc) is 2.62. The number of nitrogens with one attached hydrogen (secondary N) is 1. The summed E-state index contributed by atoms with van der Waals surface area (Å²) in [6, 6.07) is 8.91. The molecular formula is C20H21F2NO4. The van der Waals surface area contributed by atoms with Crippen molar-refractivity contribution in [2.75, 3.05) is 18.5 Å². The van der Waals surface area contributed by atoms with Crippen LogP contribution >= 0.6 is 0 Å². The Bertz CT molecular complexity index is 816. The third-order valence-corrected chi connectivity index (χ3v) is 3.82. The number of benzene rings is 2. The van der Waals surface area contributed by atoms with Gasteiger partial charge in [-0.3, -0.25) is 4.79 Å². The Kier molecular flexibility index (Phi) is 6.87. The van der Waals surface area contributed by atoms with Crippen LogP contribution in [-0.2, 0) is 14.3 Å². The molecule has 0 atom stereocenters. The maximum Gasteiger partial charge on any atom is 0.344 e. The predicted octanol–water partition coefficient (Wildman–Crippen LogP) is 3.96. The average molecular weight is 377 g/mol. The smallest absolute Gasteiger partial charge is 0.344 e. The minimum Gasteiger partial charge on any atom is -0.482 e. The molecule has 7 heteroatoms. The summed E-state index contributed by atoms with van der Waals surface area (Å²) in [6.07, 6.45) is 0. The summed E-state index contributed by atoms with van der Waals surface area (Å²) in [5, 5.41) is 2.03. The molecule has 2 rings (SSSR count). The molecule has 0 aliphatic rings. The lowest BCUT2D eigenvalue weighted by molar-refractivity contribution is -0.149. The summed E-state index contributed by atoms with van der Waals surface area (Å²) >= 11 is 0. The molecule has 2 aromatic carbocycles. The van der Waals surface area contributed by atoms with Crippen molar-refractivity contribution in [1.82, 2.24) is 0 Å². The molecule has 27 heavy (non-hydrogen) atoms. The maximum absolute atomic E-state index is 13.5. The molecule has 0 bridgehead atoms. The molecule has 1 N–H and O–H groups in total. The summed E-state index contributed by atoms with van der Waals surface area (Å²) in [4.78, 5) is 23.5. The van der Waals surface area contributed by atoms with Gasteiger partial charge in [-0.05, 0) is 42.2 Å². The molecule has 5 nitrogen and oxygen atoms in total. The number of hydrogen-bond acceptors (Lipinski definition) is 4. The van der Waals surface area contributed by atoms with E-state index < -0.39 is 35.8 Å². The first-order chi connectivity index (χ1) is 12.8. The van der Waals surface area contributed by atoms with Gasteiger partial charge in [0.05, 0.1) is 0 Å². The van der Waals surface area contributed by atoms with Crippen LogP contribution in [0, 0.1) is 18.6 Å². The third-order valence-electron chi connectivity index (χ3n) is 3.82. The molecule has 0 spiro atoms. The van der Waals surface area contributed by atoms with E-state index >= 15 is 0 Å². The van der Waals surface area contributed by atoms with Crippen LogP contribution in [0.5, 0.6) is 5.75 Å². The van der Waals surface area contributed by atoms with Gasteiger partial charge in [0, 0.05) is 0 Å². The van der Waals surface area contributed by atoms with Gasteiger partial charge in [0.2, 0.25) is 0 Å². The first-order valence-corrected chi connectivity index (χ1v) is 8.40. The van der Waals surface area contributed by atoms with Crippen molar-refractivity contribution in [3.8, 4) is 5.75 Å². The fraction of sp³-hybridized carbons (Fsp3) is 0.300. The summed E-state index contributed by atoms with van der Waals surface area (Å²) in [7, 11) is 0. The van der Waals surface area contributed by atoms with Crippen LogP contribution in [-0.4, -0.2) is 25.1 Å². The quantitative estimate of drug-likeness (QED) is 0.742. The molecule has 0 aromatic heterocycles. The second-order valence-electron chi connectivity index (χ2n) is 6.27. The Morgan fingerprint density at radius 3 is 2.37 bits per heavy atom. The zero-order valence-electron chi connectivity index (χ0n) is 15.3. The van der Waals surface area contributed by atoms with Crippen molar-refractivity contribution in [2.45, 2.75) is 26.7 Å². The number of esters is 1. The number of aryl methyl sites for hydroxylation is 1. The van der Waals surface area contributed by atoms with Crippen LogP contribution in [0.25, 0.3) is 0 Å². The monoisotopic (exact) mass is 377 g/mol. The van der Waals surface area contributed by atoms with Crippen LogP contribution in [0.15, 0.2) is 36.4 Å². The Hall–Kier alpha value is -2.96. The minimum absolute atomic E-state index is 0.308. The van der Waals surface area contributed by atoms with Crippen LogP contribution < -0.4 is 10.1 Å². The van der Waals surface area contributed by atoms with E-state index in [-0.39, 0.29) is 6.61 Å². The van der Waals surface area contributed by atoms with Gasteiger partial charge in [-0.15, -0.1) is 0 Å². The van der Waals surface area contributed by atoms with Crippen LogP contribution in [0.3, 0.4) is 0 Å². The number of ether oxygens (including phenoxy) is 2. The second kappa shape index (κ2) is 9.12. The zero-order chi connectivity index (χ0) is 20.0. The lowest BCUT2D eigenvalue weighted by atomic mass is 10.0. The minimum atomic E-state index is -0.918. The first-order valence-electron chi connectivity index (χ1n) is 8.40. The van der Waals surface area contributed by atoms with Crippen molar-refractivity contribution in [3.63, 3.8) is 0 Å². The molecule has 0 radical (unpaired) electrons. The number of anilines is 1. The fourth-order valence-corrected chi connectivity index (χ4v) is 2.25. The summed E-state index contributed by atoms with van der Waals surface area (Å²) in [5.41, 5.74) is 1.34. The molecule has 0 saturated heterocycles. The second-order valence-corrected chi connectivity index (χ2v) is 6.27. The molecule has 0 aliphatic carbocycles. The normalized spacial score (nSPS) is 10.6. The topological polar surface area (TPSA) is 64.6 Å². The molecule has 0 unspecified atom stereocenters. The number of halogens is 2. The third kappa shape index (κ3) is 5.77. The number of para-hydroxylation sites is 1. The molecule has 0 saturated carbocycles. The van der Waals surface area contributed by atoms with Crippen molar-refractivity contribution in [1.29, 1.82) is 0 Å². The molecule has 144 valence electrons. The summed E-state index contributed by atoms with van der Waals surface area (Å²) in [6.45, 7) is 4.87. The van der Waals surface area contributed by atoms with Gasteiger partial charge < -0.3 is 14.8 Å². The SMILES string of the molecule is Cc1ccc(C(C)C)cc1OCC(=O)OCC(=O)Nc1c(F)cccc1F. The highest BCUT2D eigenvalue weighted by Crippen LogP contribution is 2.24. The number of rotatable bonds is 7. The Labute approximate surface area is 156 Å². The van der Waals surface area contributed by atoms with Gasteiger partial charge in [-0.2, -0.15) is 0 Å². The van der Waals surface area contributed by atoms with Gasteiger partial charge >= 0.3 is 5.97 Å². The highest BCUT2D eigenvalue weighted by molar-refractivity contribution is 5.93.